The van der Waals surface area contributed by atoms with Gasteiger partial charge in [-0.15, -0.1) is 0 Å². The van der Waals surface area contributed by atoms with Crippen molar-refractivity contribution in [1.82, 2.24) is 14.9 Å². The third kappa shape index (κ3) is 9.37. The Morgan fingerprint density at radius 1 is 0.936 bits per heavy atom. The molecule has 2 aromatic carbocycles. The molecule has 14 heteroatoms. The number of aromatic nitrogens is 2. The minimum absolute atomic E-state index is 0.187. The fourth-order valence-corrected chi connectivity index (χ4v) is 4.94. The highest BCUT2D eigenvalue weighted by molar-refractivity contribution is 5.74. The third-order valence-electron chi connectivity index (χ3n) is 7.22. The Morgan fingerprint density at radius 3 is 2.15 bits per heavy atom. The van der Waals surface area contributed by atoms with E-state index in [1.807, 2.05) is 32.9 Å². The molecular weight excluding hydrogens is 630 g/mol. The van der Waals surface area contributed by atoms with Crippen LogP contribution in [0.5, 0.6) is 0 Å². The molecule has 1 amide bonds. The Kier molecular flexibility index (Phi) is 10.4. The van der Waals surface area contributed by atoms with Gasteiger partial charge in [-0.2, -0.15) is 26.3 Å². The molecule has 0 bridgehead atoms. The van der Waals surface area contributed by atoms with Gasteiger partial charge in [0.2, 0.25) is 5.95 Å². The van der Waals surface area contributed by atoms with Crippen LogP contribution in [0.15, 0.2) is 48.7 Å². The van der Waals surface area contributed by atoms with Crippen molar-refractivity contribution in [2.24, 2.45) is 0 Å². The molecule has 4 rings (SSSR count). The van der Waals surface area contributed by atoms with Crippen LogP contribution >= 0.6 is 0 Å². The van der Waals surface area contributed by atoms with Crippen molar-refractivity contribution in [2.45, 2.75) is 63.9 Å². The average Bonchev–Trinajstić information content (AvgIpc) is 2.99. The number of benzene rings is 2. The fourth-order valence-electron chi connectivity index (χ4n) is 4.94. The number of anilines is 2. The Labute approximate surface area is 267 Å². The molecule has 1 fully saturated rings. The topological polar surface area (TPSA) is 93.7 Å². The minimum Gasteiger partial charge on any atom is -0.469 e. The molecule has 1 N–H and O–H groups in total. The van der Waals surface area contributed by atoms with Gasteiger partial charge in [-0.05, 0) is 80.8 Å². The number of amides is 1. The molecule has 0 saturated carbocycles. The second-order valence-electron chi connectivity index (χ2n) is 11.8. The van der Waals surface area contributed by atoms with Crippen molar-refractivity contribution in [3.63, 3.8) is 0 Å². The number of likely N-dealkylation sites (tertiary alicyclic amines) is 1. The summed E-state index contributed by atoms with van der Waals surface area (Å²) in [5.41, 5.74) is -3.16. The zero-order valence-corrected chi connectivity index (χ0v) is 26.0. The molecule has 1 saturated heterocycles. The summed E-state index contributed by atoms with van der Waals surface area (Å²) in [6, 6.07) is 10.1. The largest absolute Gasteiger partial charge is 0.469 e. The van der Waals surface area contributed by atoms with Crippen molar-refractivity contribution >= 4 is 23.7 Å². The lowest BCUT2D eigenvalue weighted by atomic mass is 9.89. The van der Waals surface area contributed by atoms with E-state index < -0.39 is 52.7 Å². The number of hydrogen-bond donors (Lipinski definition) is 1. The van der Waals surface area contributed by atoms with Gasteiger partial charge >= 0.3 is 24.4 Å². The van der Waals surface area contributed by atoms with E-state index in [1.165, 1.54) is 0 Å². The standard InChI is InChI=1S/C33H32F6N4O4/c1-31(2,3)47-30(45)43-16-14-21(15-17-43)20-8-11-23(12-9-20)41-29-40-19-26(33(37,38)39)27(42-29)13-10-22-6-5-7-25(32(34,35)36)24(22)18-28(44)46-4/h5-9,11-12,19,21H,14-18H2,1-4H3,(H,40,41,42). The fraction of sp³-hybridized carbons (Fsp3) is 0.394. The number of rotatable bonds is 5. The maximum atomic E-state index is 13.8. The molecule has 3 aromatic rings. The Bertz CT molecular complexity index is 1660. The smallest absolute Gasteiger partial charge is 0.420 e. The lowest BCUT2D eigenvalue weighted by Crippen LogP contribution is -2.41. The van der Waals surface area contributed by atoms with Crippen molar-refractivity contribution < 1.29 is 45.4 Å². The summed E-state index contributed by atoms with van der Waals surface area (Å²) in [6.07, 6.45) is -8.92. The van der Waals surface area contributed by atoms with Crippen LogP contribution in [0.4, 0.5) is 42.8 Å². The van der Waals surface area contributed by atoms with Gasteiger partial charge in [0.05, 0.1) is 19.1 Å². The summed E-state index contributed by atoms with van der Waals surface area (Å²) in [7, 11) is 1.000. The van der Waals surface area contributed by atoms with E-state index in [-0.39, 0.29) is 23.5 Å². The number of esters is 1. The second kappa shape index (κ2) is 13.9. The molecule has 47 heavy (non-hydrogen) atoms. The zero-order chi connectivity index (χ0) is 34.6. The third-order valence-corrected chi connectivity index (χ3v) is 7.22. The Hall–Kier alpha value is -4.80. The van der Waals surface area contributed by atoms with E-state index in [1.54, 1.807) is 17.0 Å². The predicted octanol–water partition coefficient (Wildman–Crippen LogP) is 7.49. The molecule has 0 spiro atoms. The highest BCUT2D eigenvalue weighted by atomic mass is 19.4. The molecule has 2 heterocycles. The summed E-state index contributed by atoms with van der Waals surface area (Å²) >= 11 is 0. The van der Waals surface area contributed by atoms with Crippen molar-refractivity contribution in [1.29, 1.82) is 0 Å². The van der Waals surface area contributed by atoms with Crippen LogP contribution in [0.25, 0.3) is 0 Å². The Balaban J connectivity index is 1.55. The first-order valence-electron chi connectivity index (χ1n) is 14.5. The van der Waals surface area contributed by atoms with Crippen LogP contribution in [-0.2, 0) is 33.0 Å². The molecule has 0 atom stereocenters. The first-order valence-corrected chi connectivity index (χ1v) is 14.5. The van der Waals surface area contributed by atoms with Gasteiger partial charge in [0, 0.05) is 30.5 Å². The molecule has 250 valence electrons. The number of halogens is 6. The van der Waals surface area contributed by atoms with Crippen LogP contribution in [0.2, 0.25) is 0 Å². The van der Waals surface area contributed by atoms with E-state index in [0.29, 0.717) is 25.0 Å². The lowest BCUT2D eigenvalue weighted by molar-refractivity contribution is -0.142. The van der Waals surface area contributed by atoms with Crippen molar-refractivity contribution in [3.8, 4) is 11.8 Å². The highest BCUT2D eigenvalue weighted by Crippen LogP contribution is 2.35. The molecular formula is C33H32F6N4O4. The number of nitrogens with one attached hydrogen (secondary N) is 1. The molecule has 1 aliphatic heterocycles. The SMILES string of the molecule is COC(=O)Cc1c(C#Cc2nc(Nc3ccc(C4CCN(C(=O)OC(C)(C)C)CC4)cc3)ncc2C(F)(F)F)cccc1C(F)(F)F. The van der Waals surface area contributed by atoms with E-state index >= 15 is 0 Å². The van der Waals surface area contributed by atoms with E-state index in [0.717, 1.165) is 43.7 Å². The second-order valence-corrected chi connectivity index (χ2v) is 11.8. The van der Waals surface area contributed by atoms with Crippen LogP contribution in [0.1, 0.15) is 73.0 Å². The monoisotopic (exact) mass is 662 g/mol. The molecule has 1 aliphatic rings. The summed E-state index contributed by atoms with van der Waals surface area (Å²) in [4.78, 5) is 33.6. The summed E-state index contributed by atoms with van der Waals surface area (Å²) in [6.45, 7) is 6.49. The van der Waals surface area contributed by atoms with E-state index in [4.69, 9.17) is 4.74 Å². The number of methoxy groups -OCH3 is 1. The van der Waals surface area contributed by atoms with Gasteiger partial charge in [0.1, 0.15) is 16.9 Å². The van der Waals surface area contributed by atoms with Crippen LogP contribution in [-0.4, -0.2) is 52.7 Å². The molecule has 1 aromatic heterocycles. The minimum atomic E-state index is -4.91. The van der Waals surface area contributed by atoms with Gasteiger partial charge in [-0.3, -0.25) is 4.79 Å². The number of piperidine rings is 1. The number of carbonyl (C=O) groups is 2. The number of alkyl halides is 6. The molecule has 0 unspecified atom stereocenters. The first kappa shape index (κ1) is 35.1. The van der Waals surface area contributed by atoms with Crippen LogP contribution < -0.4 is 5.32 Å². The number of nitrogens with zero attached hydrogens (tertiary/aromatic N) is 3. The average molecular weight is 663 g/mol. The molecule has 0 radical (unpaired) electrons. The maximum Gasteiger partial charge on any atom is 0.420 e. The van der Waals surface area contributed by atoms with Crippen molar-refractivity contribution in [3.05, 3.63) is 82.2 Å². The van der Waals surface area contributed by atoms with Crippen molar-refractivity contribution in [2.75, 3.05) is 25.5 Å². The summed E-state index contributed by atoms with van der Waals surface area (Å²) in [5.74, 6) is 3.55. The predicted molar refractivity (Wildman–Crippen MR) is 160 cm³/mol. The summed E-state index contributed by atoms with van der Waals surface area (Å²) in [5, 5.41) is 2.83. The van der Waals surface area contributed by atoms with Gasteiger partial charge in [-0.1, -0.05) is 24.1 Å². The quantitative estimate of drug-likeness (QED) is 0.172. The van der Waals surface area contributed by atoms with Gasteiger partial charge in [0.25, 0.3) is 0 Å². The zero-order valence-electron chi connectivity index (χ0n) is 26.0. The lowest BCUT2D eigenvalue weighted by Gasteiger charge is -2.33. The Morgan fingerprint density at radius 2 is 1.57 bits per heavy atom. The van der Waals surface area contributed by atoms with Crippen LogP contribution in [0, 0.1) is 11.8 Å². The summed E-state index contributed by atoms with van der Waals surface area (Å²) < 4.78 is 92.3. The normalized spacial score (nSPS) is 14.2. The van der Waals surface area contributed by atoms with E-state index in [9.17, 15) is 35.9 Å². The van der Waals surface area contributed by atoms with E-state index in [2.05, 4.69) is 31.9 Å². The first-order chi connectivity index (χ1) is 21.9. The van der Waals surface area contributed by atoms with Gasteiger partial charge in [-0.25, -0.2) is 14.8 Å². The van der Waals surface area contributed by atoms with Gasteiger partial charge in [0.15, 0.2) is 0 Å². The molecule has 0 aliphatic carbocycles. The van der Waals surface area contributed by atoms with Crippen LogP contribution in [0.3, 0.4) is 0 Å². The number of carbonyl (C=O) groups excluding carboxylic acids is 2. The maximum absolute atomic E-state index is 13.8. The highest BCUT2D eigenvalue weighted by Gasteiger charge is 2.36. The number of hydrogen-bond acceptors (Lipinski definition) is 7. The number of ether oxygens (including phenoxy) is 2. The molecule has 8 nitrogen and oxygen atoms in total. The van der Waals surface area contributed by atoms with Gasteiger partial charge < -0.3 is 19.7 Å².